The molecule has 1 N–H and O–H groups in total. The molecule has 0 radical (unpaired) electrons. The van der Waals surface area contributed by atoms with Crippen molar-refractivity contribution in [3.63, 3.8) is 0 Å². The molecule has 160 valence electrons. The summed E-state index contributed by atoms with van der Waals surface area (Å²) in [5.41, 5.74) is 0.929. The van der Waals surface area contributed by atoms with Gasteiger partial charge in [0.2, 0.25) is 15.9 Å². The SMILES string of the molecule is CCOC(=O)c1ccc(NC(=O)[C@H]2CCCN(S(=O)(=O)c3ccc(Cl)cc3)C2)cc1. The largest absolute Gasteiger partial charge is 0.462 e. The number of hydrogen-bond donors (Lipinski definition) is 1. The van der Waals surface area contributed by atoms with Crippen LogP contribution in [-0.4, -0.2) is 44.3 Å². The normalized spacial score (nSPS) is 17.3. The Morgan fingerprint density at radius 1 is 1.13 bits per heavy atom. The minimum absolute atomic E-state index is 0.109. The summed E-state index contributed by atoms with van der Waals surface area (Å²) in [6.07, 6.45) is 1.19. The topological polar surface area (TPSA) is 92.8 Å². The van der Waals surface area contributed by atoms with Gasteiger partial charge in [-0.25, -0.2) is 13.2 Å². The van der Waals surface area contributed by atoms with Crippen LogP contribution in [0, 0.1) is 5.92 Å². The summed E-state index contributed by atoms with van der Waals surface area (Å²) >= 11 is 5.84. The Morgan fingerprint density at radius 2 is 1.80 bits per heavy atom. The van der Waals surface area contributed by atoms with Gasteiger partial charge in [-0.3, -0.25) is 4.79 Å². The number of carbonyl (C=O) groups excluding carboxylic acids is 2. The summed E-state index contributed by atoms with van der Waals surface area (Å²) in [6, 6.07) is 12.4. The van der Waals surface area contributed by atoms with Gasteiger partial charge in [-0.15, -0.1) is 0 Å². The van der Waals surface area contributed by atoms with Crippen LogP contribution in [0.15, 0.2) is 53.4 Å². The van der Waals surface area contributed by atoms with E-state index in [1.54, 1.807) is 31.2 Å². The highest BCUT2D eigenvalue weighted by atomic mass is 35.5. The van der Waals surface area contributed by atoms with Crippen LogP contribution in [-0.2, 0) is 19.6 Å². The van der Waals surface area contributed by atoms with Gasteiger partial charge in [0.15, 0.2) is 0 Å². The lowest BCUT2D eigenvalue weighted by atomic mass is 9.98. The molecule has 0 aliphatic carbocycles. The van der Waals surface area contributed by atoms with E-state index in [0.29, 0.717) is 35.7 Å². The lowest BCUT2D eigenvalue weighted by Crippen LogP contribution is -2.43. The van der Waals surface area contributed by atoms with Gasteiger partial charge in [-0.1, -0.05) is 11.6 Å². The van der Waals surface area contributed by atoms with Crippen LogP contribution in [0.1, 0.15) is 30.1 Å². The Morgan fingerprint density at radius 3 is 2.43 bits per heavy atom. The fraction of sp³-hybridized carbons (Fsp3) is 0.333. The molecule has 0 aromatic heterocycles. The predicted molar refractivity (Wildman–Crippen MR) is 114 cm³/mol. The van der Waals surface area contributed by atoms with E-state index in [1.807, 2.05) is 0 Å². The Hall–Kier alpha value is -2.42. The monoisotopic (exact) mass is 450 g/mol. The molecule has 1 aliphatic rings. The molecule has 1 atom stereocenters. The molecule has 0 spiro atoms. The van der Waals surface area contributed by atoms with Crippen molar-refractivity contribution in [3.8, 4) is 0 Å². The number of halogens is 1. The number of hydrogen-bond acceptors (Lipinski definition) is 5. The summed E-state index contributed by atoms with van der Waals surface area (Å²) < 4.78 is 32.0. The second kappa shape index (κ2) is 9.59. The molecule has 0 saturated carbocycles. The molecular weight excluding hydrogens is 428 g/mol. The quantitative estimate of drug-likeness (QED) is 0.679. The zero-order valence-electron chi connectivity index (χ0n) is 16.5. The molecule has 2 aromatic carbocycles. The number of sulfonamides is 1. The van der Waals surface area contributed by atoms with Crippen LogP contribution in [0.5, 0.6) is 0 Å². The van der Waals surface area contributed by atoms with E-state index in [-0.39, 0.29) is 24.0 Å². The van der Waals surface area contributed by atoms with Crippen molar-refractivity contribution in [3.05, 3.63) is 59.1 Å². The summed E-state index contributed by atoms with van der Waals surface area (Å²) in [7, 11) is -3.70. The standard InChI is InChI=1S/C21H23ClN2O5S/c1-2-29-21(26)15-5-9-18(10-6-15)23-20(25)16-4-3-13-24(14-16)30(27,28)19-11-7-17(22)8-12-19/h5-12,16H,2-4,13-14H2,1H3,(H,23,25)/t16-/m0/s1. The van der Waals surface area contributed by atoms with Gasteiger partial charge in [0.05, 0.1) is 23.0 Å². The Labute approximate surface area is 181 Å². The number of nitrogens with one attached hydrogen (secondary N) is 1. The van der Waals surface area contributed by atoms with Gasteiger partial charge in [-0.05, 0) is 68.3 Å². The summed E-state index contributed by atoms with van der Waals surface area (Å²) in [5.74, 6) is -1.15. The number of nitrogens with zero attached hydrogens (tertiary/aromatic N) is 1. The summed E-state index contributed by atoms with van der Waals surface area (Å²) in [6.45, 7) is 2.49. The first-order valence-electron chi connectivity index (χ1n) is 9.65. The Kier molecular flexibility index (Phi) is 7.12. The molecule has 1 saturated heterocycles. The van der Waals surface area contributed by atoms with Crippen molar-refractivity contribution in [2.45, 2.75) is 24.7 Å². The summed E-state index contributed by atoms with van der Waals surface area (Å²) in [5, 5.41) is 3.26. The second-order valence-corrected chi connectivity index (χ2v) is 9.32. The second-order valence-electron chi connectivity index (χ2n) is 6.94. The first kappa shape index (κ1) is 22.3. The van der Waals surface area contributed by atoms with E-state index in [0.717, 1.165) is 0 Å². The zero-order chi connectivity index (χ0) is 21.7. The fourth-order valence-electron chi connectivity index (χ4n) is 3.28. The van der Waals surface area contributed by atoms with Crippen LogP contribution in [0.2, 0.25) is 5.02 Å². The molecule has 7 nitrogen and oxygen atoms in total. The third-order valence-corrected chi connectivity index (χ3v) is 7.00. The van der Waals surface area contributed by atoms with Crippen molar-refractivity contribution in [1.82, 2.24) is 4.31 Å². The van der Waals surface area contributed by atoms with E-state index in [2.05, 4.69) is 5.32 Å². The van der Waals surface area contributed by atoms with Gasteiger partial charge >= 0.3 is 5.97 Å². The van der Waals surface area contributed by atoms with Gasteiger partial charge in [0.1, 0.15) is 0 Å². The third-order valence-electron chi connectivity index (χ3n) is 4.87. The van der Waals surface area contributed by atoms with Gasteiger partial charge in [0, 0.05) is 23.8 Å². The molecule has 3 rings (SSSR count). The predicted octanol–water partition coefficient (Wildman–Crippen LogP) is 3.56. The average molecular weight is 451 g/mol. The average Bonchev–Trinajstić information content (AvgIpc) is 2.75. The molecule has 0 unspecified atom stereocenters. The van der Waals surface area contributed by atoms with Crippen LogP contribution >= 0.6 is 11.6 Å². The van der Waals surface area contributed by atoms with E-state index in [4.69, 9.17) is 16.3 Å². The van der Waals surface area contributed by atoms with Crippen LogP contribution < -0.4 is 5.32 Å². The van der Waals surface area contributed by atoms with E-state index in [9.17, 15) is 18.0 Å². The number of benzene rings is 2. The van der Waals surface area contributed by atoms with Crippen molar-refractivity contribution >= 4 is 39.2 Å². The highest BCUT2D eigenvalue weighted by Gasteiger charge is 2.33. The minimum Gasteiger partial charge on any atom is -0.462 e. The van der Waals surface area contributed by atoms with Crippen molar-refractivity contribution < 1.29 is 22.7 Å². The number of carbonyl (C=O) groups is 2. The van der Waals surface area contributed by atoms with Crippen LogP contribution in [0.25, 0.3) is 0 Å². The van der Waals surface area contributed by atoms with E-state index >= 15 is 0 Å². The molecule has 2 aromatic rings. The van der Waals surface area contributed by atoms with Crippen LogP contribution in [0.3, 0.4) is 0 Å². The lowest BCUT2D eigenvalue weighted by molar-refractivity contribution is -0.120. The minimum atomic E-state index is -3.70. The van der Waals surface area contributed by atoms with E-state index in [1.165, 1.54) is 28.6 Å². The first-order valence-corrected chi connectivity index (χ1v) is 11.5. The first-order chi connectivity index (χ1) is 14.3. The number of ether oxygens (including phenoxy) is 1. The molecule has 1 fully saturated rings. The third kappa shape index (κ3) is 5.19. The van der Waals surface area contributed by atoms with Crippen molar-refractivity contribution in [2.24, 2.45) is 5.92 Å². The zero-order valence-corrected chi connectivity index (χ0v) is 18.1. The number of esters is 1. The maximum Gasteiger partial charge on any atom is 0.338 e. The lowest BCUT2D eigenvalue weighted by Gasteiger charge is -2.31. The van der Waals surface area contributed by atoms with Gasteiger partial charge < -0.3 is 10.1 Å². The Bertz CT molecular complexity index is 1010. The number of anilines is 1. The van der Waals surface area contributed by atoms with Gasteiger partial charge in [-0.2, -0.15) is 4.31 Å². The molecule has 1 amide bonds. The molecule has 0 bridgehead atoms. The maximum absolute atomic E-state index is 12.9. The number of amides is 1. The van der Waals surface area contributed by atoms with Crippen molar-refractivity contribution in [2.75, 3.05) is 25.0 Å². The van der Waals surface area contributed by atoms with Gasteiger partial charge in [0.25, 0.3) is 0 Å². The van der Waals surface area contributed by atoms with Crippen LogP contribution in [0.4, 0.5) is 5.69 Å². The highest BCUT2D eigenvalue weighted by molar-refractivity contribution is 7.89. The molecule has 1 aliphatic heterocycles. The number of rotatable bonds is 6. The molecule has 30 heavy (non-hydrogen) atoms. The molecular formula is C21H23ClN2O5S. The summed E-state index contributed by atoms with van der Waals surface area (Å²) in [4.78, 5) is 24.6. The van der Waals surface area contributed by atoms with E-state index < -0.39 is 21.9 Å². The maximum atomic E-state index is 12.9. The number of piperidine rings is 1. The van der Waals surface area contributed by atoms with Crippen molar-refractivity contribution in [1.29, 1.82) is 0 Å². The molecule has 9 heteroatoms. The fourth-order valence-corrected chi connectivity index (χ4v) is 4.93. The molecule has 1 heterocycles. The highest BCUT2D eigenvalue weighted by Crippen LogP contribution is 2.25. The Balaban J connectivity index is 1.65. The smallest absolute Gasteiger partial charge is 0.338 e.